The Hall–Kier alpha value is -1.72. The van der Waals surface area contributed by atoms with Crippen molar-refractivity contribution in [1.82, 2.24) is 15.8 Å². The van der Waals surface area contributed by atoms with Gasteiger partial charge in [-0.2, -0.15) is 0 Å². The summed E-state index contributed by atoms with van der Waals surface area (Å²) in [5.74, 6) is 1.48. The molecule has 0 spiro atoms. The third-order valence-electron chi connectivity index (χ3n) is 3.30. The van der Waals surface area contributed by atoms with Crippen LogP contribution in [-0.2, 0) is 13.1 Å². The van der Waals surface area contributed by atoms with Crippen molar-refractivity contribution in [3.63, 3.8) is 0 Å². The molecule has 118 valence electrons. The lowest BCUT2D eigenvalue weighted by Gasteiger charge is -2.12. The number of halogens is 2. The molecule has 2 aromatic rings. The van der Waals surface area contributed by atoms with E-state index in [0.717, 1.165) is 22.6 Å². The lowest BCUT2D eigenvalue weighted by Crippen LogP contribution is -2.36. The Bertz CT molecular complexity index is 663. The predicted molar refractivity (Wildman–Crippen MR) is 89.5 cm³/mol. The number of nitrogens with zero attached hydrogens (tertiary/aromatic N) is 2. The van der Waals surface area contributed by atoms with Crippen molar-refractivity contribution in [2.45, 2.75) is 26.9 Å². The number of benzene rings is 1. The van der Waals surface area contributed by atoms with Crippen LogP contribution in [0.3, 0.4) is 0 Å². The van der Waals surface area contributed by atoms with Gasteiger partial charge in [0.1, 0.15) is 5.76 Å². The highest BCUT2D eigenvalue weighted by Gasteiger charge is 2.09. The van der Waals surface area contributed by atoms with Crippen LogP contribution in [0.15, 0.2) is 27.7 Å². The van der Waals surface area contributed by atoms with E-state index in [0.29, 0.717) is 29.1 Å². The van der Waals surface area contributed by atoms with Crippen molar-refractivity contribution in [3.05, 3.63) is 50.8 Å². The molecule has 0 aliphatic heterocycles. The van der Waals surface area contributed by atoms with Crippen LogP contribution in [0.4, 0.5) is 0 Å². The monoisotopic (exact) mass is 340 g/mol. The SMILES string of the molecule is CN=C(NCc1ccc(Cl)cc1Cl)NCc1c(C)noc1C. The number of hydrogen-bond donors (Lipinski definition) is 2. The summed E-state index contributed by atoms with van der Waals surface area (Å²) in [6, 6.07) is 5.42. The molecule has 1 aromatic carbocycles. The van der Waals surface area contributed by atoms with Gasteiger partial charge in [0.25, 0.3) is 0 Å². The maximum Gasteiger partial charge on any atom is 0.191 e. The van der Waals surface area contributed by atoms with Crippen LogP contribution in [0.2, 0.25) is 10.0 Å². The first kappa shape index (κ1) is 16.6. The molecule has 0 unspecified atom stereocenters. The van der Waals surface area contributed by atoms with Crippen molar-refractivity contribution < 1.29 is 4.52 Å². The molecule has 2 N–H and O–H groups in total. The Balaban J connectivity index is 1.93. The summed E-state index contributed by atoms with van der Waals surface area (Å²) in [7, 11) is 1.71. The van der Waals surface area contributed by atoms with Crippen LogP contribution < -0.4 is 10.6 Å². The van der Waals surface area contributed by atoms with Gasteiger partial charge in [-0.3, -0.25) is 4.99 Å². The summed E-state index contributed by atoms with van der Waals surface area (Å²) in [6.45, 7) is 4.95. The standard InChI is InChI=1S/C15H18Cl2N4O/c1-9-13(10(2)22-21-9)8-20-15(18-3)19-7-11-4-5-12(16)6-14(11)17/h4-6H,7-8H2,1-3H3,(H2,18,19,20). The van der Waals surface area contributed by atoms with Gasteiger partial charge in [-0.05, 0) is 31.5 Å². The molecule has 22 heavy (non-hydrogen) atoms. The molecule has 1 heterocycles. The Labute approximate surface area is 139 Å². The van der Waals surface area contributed by atoms with E-state index < -0.39 is 0 Å². The highest BCUT2D eigenvalue weighted by atomic mass is 35.5. The summed E-state index contributed by atoms with van der Waals surface area (Å²) in [5, 5.41) is 11.6. The van der Waals surface area contributed by atoms with Crippen LogP contribution in [0.25, 0.3) is 0 Å². The maximum atomic E-state index is 6.15. The molecule has 0 aliphatic rings. The average Bonchev–Trinajstić information content (AvgIpc) is 2.80. The van der Waals surface area contributed by atoms with Gasteiger partial charge in [-0.15, -0.1) is 0 Å². The van der Waals surface area contributed by atoms with Gasteiger partial charge in [-0.25, -0.2) is 0 Å². The minimum atomic E-state index is 0.553. The van der Waals surface area contributed by atoms with Crippen LogP contribution in [-0.4, -0.2) is 18.2 Å². The molecule has 1 aromatic heterocycles. The molecule has 7 heteroatoms. The molecule has 5 nitrogen and oxygen atoms in total. The lowest BCUT2D eigenvalue weighted by molar-refractivity contribution is 0.392. The Morgan fingerprint density at radius 2 is 1.95 bits per heavy atom. The zero-order chi connectivity index (χ0) is 16.1. The molecule has 0 aliphatic carbocycles. The smallest absolute Gasteiger partial charge is 0.191 e. The van der Waals surface area contributed by atoms with E-state index in [2.05, 4.69) is 20.8 Å². The van der Waals surface area contributed by atoms with Gasteiger partial charge in [0.15, 0.2) is 5.96 Å². The zero-order valence-electron chi connectivity index (χ0n) is 12.7. The third kappa shape index (κ3) is 4.15. The molecule has 0 bridgehead atoms. The molecule has 0 amide bonds. The van der Waals surface area contributed by atoms with E-state index in [9.17, 15) is 0 Å². The molecule has 0 saturated heterocycles. The fourth-order valence-electron chi connectivity index (χ4n) is 1.99. The summed E-state index contributed by atoms with van der Waals surface area (Å²) in [5.41, 5.74) is 2.86. The number of aryl methyl sites for hydroxylation is 2. The second-order valence-corrected chi connectivity index (χ2v) is 5.66. The van der Waals surface area contributed by atoms with Crippen molar-refractivity contribution in [2.75, 3.05) is 7.05 Å². The van der Waals surface area contributed by atoms with E-state index in [1.165, 1.54) is 0 Å². The zero-order valence-corrected chi connectivity index (χ0v) is 14.2. The van der Waals surface area contributed by atoms with Gasteiger partial charge >= 0.3 is 0 Å². The second kappa shape index (κ2) is 7.51. The fraction of sp³-hybridized carbons (Fsp3) is 0.333. The number of aliphatic imine (C=N–C) groups is 1. The summed E-state index contributed by atoms with van der Waals surface area (Å²) >= 11 is 12.0. The van der Waals surface area contributed by atoms with Crippen LogP contribution in [0, 0.1) is 13.8 Å². The van der Waals surface area contributed by atoms with E-state index in [1.807, 2.05) is 26.0 Å². The summed E-state index contributed by atoms with van der Waals surface area (Å²) in [4.78, 5) is 4.18. The number of guanidine groups is 1. The highest BCUT2D eigenvalue weighted by Crippen LogP contribution is 2.20. The predicted octanol–water partition coefficient (Wildman–Crippen LogP) is 3.46. The molecule has 0 fully saturated rings. The average molecular weight is 341 g/mol. The van der Waals surface area contributed by atoms with Crippen molar-refractivity contribution in [2.24, 2.45) is 4.99 Å². The van der Waals surface area contributed by atoms with E-state index in [-0.39, 0.29) is 0 Å². The minimum Gasteiger partial charge on any atom is -0.361 e. The third-order valence-corrected chi connectivity index (χ3v) is 3.89. The molecular formula is C15H18Cl2N4O. The largest absolute Gasteiger partial charge is 0.361 e. The summed E-state index contributed by atoms with van der Waals surface area (Å²) < 4.78 is 5.14. The fourth-order valence-corrected chi connectivity index (χ4v) is 2.47. The van der Waals surface area contributed by atoms with Crippen LogP contribution in [0.5, 0.6) is 0 Å². The summed E-state index contributed by atoms with van der Waals surface area (Å²) in [6.07, 6.45) is 0. The second-order valence-electron chi connectivity index (χ2n) is 4.82. The number of nitrogens with one attached hydrogen (secondary N) is 2. The number of rotatable bonds is 4. The van der Waals surface area contributed by atoms with Crippen molar-refractivity contribution in [3.8, 4) is 0 Å². The van der Waals surface area contributed by atoms with Crippen molar-refractivity contribution >= 4 is 29.2 Å². The topological polar surface area (TPSA) is 62.5 Å². The Kier molecular flexibility index (Phi) is 5.69. The van der Waals surface area contributed by atoms with E-state index in [4.69, 9.17) is 27.7 Å². The lowest BCUT2D eigenvalue weighted by atomic mass is 10.2. The van der Waals surface area contributed by atoms with Gasteiger partial charge in [0.2, 0.25) is 0 Å². The molecule has 0 saturated carbocycles. The minimum absolute atomic E-state index is 0.553. The molecule has 0 atom stereocenters. The van der Waals surface area contributed by atoms with Crippen molar-refractivity contribution in [1.29, 1.82) is 0 Å². The van der Waals surface area contributed by atoms with Gasteiger partial charge < -0.3 is 15.2 Å². The van der Waals surface area contributed by atoms with Crippen LogP contribution in [0.1, 0.15) is 22.6 Å². The van der Waals surface area contributed by atoms with E-state index >= 15 is 0 Å². The first-order chi connectivity index (χ1) is 10.5. The van der Waals surface area contributed by atoms with Gasteiger partial charge in [0.05, 0.1) is 5.69 Å². The molecule has 0 radical (unpaired) electrons. The first-order valence-electron chi connectivity index (χ1n) is 6.81. The van der Waals surface area contributed by atoms with Crippen LogP contribution >= 0.6 is 23.2 Å². The molecule has 2 rings (SSSR count). The van der Waals surface area contributed by atoms with Gasteiger partial charge in [-0.1, -0.05) is 34.4 Å². The quantitative estimate of drug-likeness (QED) is 0.660. The Morgan fingerprint density at radius 1 is 1.23 bits per heavy atom. The normalized spacial score (nSPS) is 11.6. The highest BCUT2D eigenvalue weighted by molar-refractivity contribution is 6.35. The number of aromatic nitrogens is 1. The first-order valence-corrected chi connectivity index (χ1v) is 7.57. The number of hydrogen-bond acceptors (Lipinski definition) is 3. The van der Waals surface area contributed by atoms with E-state index in [1.54, 1.807) is 13.1 Å². The van der Waals surface area contributed by atoms with Gasteiger partial charge in [0, 0.05) is 35.7 Å². The maximum absolute atomic E-state index is 6.15. The molecular weight excluding hydrogens is 323 g/mol. The Morgan fingerprint density at radius 3 is 2.55 bits per heavy atom.